The molecule has 106 valence electrons. The van der Waals surface area contributed by atoms with Crippen LogP contribution in [0.2, 0.25) is 0 Å². The van der Waals surface area contributed by atoms with Gasteiger partial charge in [-0.1, -0.05) is 19.1 Å². The molecule has 1 aromatic carbocycles. The van der Waals surface area contributed by atoms with Crippen molar-refractivity contribution in [1.82, 2.24) is 5.32 Å². The van der Waals surface area contributed by atoms with Crippen molar-refractivity contribution < 1.29 is 4.74 Å². The Balaban J connectivity index is 1.73. The quantitative estimate of drug-likeness (QED) is 0.823. The molecule has 0 spiro atoms. The molecule has 19 heavy (non-hydrogen) atoms. The summed E-state index contributed by atoms with van der Waals surface area (Å²) in [6, 6.07) is 9.88. The first-order valence-electron chi connectivity index (χ1n) is 7.20. The van der Waals surface area contributed by atoms with E-state index in [1.807, 2.05) is 11.8 Å². The van der Waals surface area contributed by atoms with Crippen molar-refractivity contribution in [3.63, 3.8) is 0 Å². The Kier molecular flexibility index (Phi) is 5.59. The number of hydrogen-bond acceptors (Lipinski definition) is 3. The predicted molar refractivity (Wildman–Crippen MR) is 84.4 cm³/mol. The second-order valence-electron chi connectivity index (χ2n) is 5.37. The molecule has 0 aromatic heterocycles. The maximum atomic E-state index is 5.20. The lowest BCUT2D eigenvalue weighted by atomic mass is 9.75. The van der Waals surface area contributed by atoms with Gasteiger partial charge in [-0.15, -0.1) is 0 Å². The van der Waals surface area contributed by atoms with Crippen LogP contribution in [0.1, 0.15) is 38.2 Å². The lowest BCUT2D eigenvalue weighted by Gasteiger charge is -2.38. The summed E-state index contributed by atoms with van der Waals surface area (Å²) in [7, 11) is 1.72. The van der Waals surface area contributed by atoms with Gasteiger partial charge >= 0.3 is 0 Å². The Morgan fingerprint density at radius 3 is 2.58 bits per heavy atom. The summed E-state index contributed by atoms with van der Waals surface area (Å²) in [5.74, 6) is 4.11. The van der Waals surface area contributed by atoms with Crippen molar-refractivity contribution in [1.29, 1.82) is 0 Å². The molecular formula is C16H25NOS. The number of thioether (sulfide) groups is 1. The molecule has 1 aliphatic carbocycles. The largest absolute Gasteiger partial charge is 0.497 e. The van der Waals surface area contributed by atoms with E-state index in [-0.39, 0.29) is 0 Å². The molecule has 0 heterocycles. The Hall–Kier alpha value is -0.670. The Morgan fingerprint density at radius 2 is 2.00 bits per heavy atom. The number of rotatable bonds is 7. The summed E-state index contributed by atoms with van der Waals surface area (Å²) in [4.78, 5) is 0. The van der Waals surface area contributed by atoms with E-state index in [0.717, 1.165) is 11.7 Å². The molecule has 3 heteroatoms. The Morgan fingerprint density at radius 1 is 1.32 bits per heavy atom. The predicted octanol–water partition coefficient (Wildman–Crippen LogP) is 3.67. The van der Waals surface area contributed by atoms with Crippen molar-refractivity contribution >= 4 is 11.8 Å². The molecular weight excluding hydrogens is 254 g/mol. The first-order chi connectivity index (χ1) is 9.22. The van der Waals surface area contributed by atoms with Crippen LogP contribution in [0.5, 0.6) is 5.75 Å². The van der Waals surface area contributed by atoms with E-state index in [1.165, 1.54) is 29.9 Å². The van der Waals surface area contributed by atoms with Gasteiger partial charge < -0.3 is 10.1 Å². The normalized spacial score (nSPS) is 23.7. The van der Waals surface area contributed by atoms with Gasteiger partial charge in [0.2, 0.25) is 0 Å². The third-order valence-corrected chi connectivity index (χ3v) is 4.96. The van der Waals surface area contributed by atoms with Gasteiger partial charge in [0, 0.05) is 17.8 Å². The van der Waals surface area contributed by atoms with Crippen LogP contribution in [-0.2, 0) is 0 Å². The summed E-state index contributed by atoms with van der Waals surface area (Å²) in [5.41, 5.74) is 1.45. The molecule has 1 fully saturated rings. The van der Waals surface area contributed by atoms with Crippen LogP contribution in [-0.4, -0.2) is 30.7 Å². The topological polar surface area (TPSA) is 21.3 Å². The third-order valence-electron chi connectivity index (χ3n) is 3.82. The highest BCUT2D eigenvalue weighted by Gasteiger charge is 2.30. The molecule has 1 saturated carbocycles. The van der Waals surface area contributed by atoms with Crippen LogP contribution in [0, 0.1) is 0 Å². The summed E-state index contributed by atoms with van der Waals surface area (Å²) >= 11 is 2.02. The smallest absolute Gasteiger partial charge is 0.118 e. The van der Waals surface area contributed by atoms with E-state index in [1.54, 1.807) is 7.11 Å². The van der Waals surface area contributed by atoms with Crippen LogP contribution < -0.4 is 10.1 Å². The monoisotopic (exact) mass is 279 g/mol. The Labute approximate surface area is 121 Å². The summed E-state index contributed by atoms with van der Waals surface area (Å²) in [6.45, 7) is 4.52. The van der Waals surface area contributed by atoms with Crippen LogP contribution >= 0.6 is 11.8 Å². The summed E-state index contributed by atoms with van der Waals surface area (Å²) in [6.07, 6.45) is 2.54. The van der Waals surface area contributed by atoms with E-state index in [0.29, 0.717) is 12.1 Å². The van der Waals surface area contributed by atoms with Crippen LogP contribution in [0.3, 0.4) is 0 Å². The molecule has 1 aromatic rings. The average molecular weight is 279 g/mol. The lowest BCUT2D eigenvalue weighted by Crippen LogP contribution is -2.45. The minimum atomic E-state index is 0.631. The van der Waals surface area contributed by atoms with Gasteiger partial charge in [-0.3, -0.25) is 0 Å². The molecule has 2 rings (SSSR count). The molecule has 1 atom stereocenters. The maximum absolute atomic E-state index is 5.20. The van der Waals surface area contributed by atoms with E-state index in [2.05, 4.69) is 43.4 Å². The van der Waals surface area contributed by atoms with Crippen molar-refractivity contribution in [3.05, 3.63) is 29.8 Å². The fourth-order valence-corrected chi connectivity index (χ4v) is 3.33. The second-order valence-corrected chi connectivity index (χ2v) is 6.68. The summed E-state index contributed by atoms with van der Waals surface area (Å²) < 4.78 is 5.20. The Bertz CT molecular complexity index is 373. The second kappa shape index (κ2) is 7.20. The lowest BCUT2D eigenvalue weighted by molar-refractivity contribution is 0.276. The first-order valence-corrected chi connectivity index (χ1v) is 8.36. The molecule has 0 saturated heterocycles. The zero-order valence-electron chi connectivity index (χ0n) is 12.2. The van der Waals surface area contributed by atoms with Gasteiger partial charge in [0.25, 0.3) is 0 Å². The SMILES string of the molecule is CCSCC(C)NC1CC(c2ccc(OC)cc2)C1. The number of nitrogens with one attached hydrogen (secondary N) is 1. The zero-order valence-corrected chi connectivity index (χ0v) is 13.0. The number of ether oxygens (including phenoxy) is 1. The van der Waals surface area contributed by atoms with Crippen LogP contribution in [0.25, 0.3) is 0 Å². The standard InChI is InChI=1S/C16H25NOS/c1-4-19-11-12(2)17-15-9-14(10-15)13-5-7-16(18-3)8-6-13/h5-8,12,14-15,17H,4,9-11H2,1-3H3. The maximum Gasteiger partial charge on any atom is 0.118 e. The van der Waals surface area contributed by atoms with E-state index >= 15 is 0 Å². The van der Waals surface area contributed by atoms with Gasteiger partial charge in [-0.25, -0.2) is 0 Å². The van der Waals surface area contributed by atoms with Gasteiger partial charge in [-0.05, 0) is 49.1 Å². The molecule has 1 N–H and O–H groups in total. The fraction of sp³-hybridized carbons (Fsp3) is 0.625. The van der Waals surface area contributed by atoms with Crippen LogP contribution in [0.15, 0.2) is 24.3 Å². The number of benzene rings is 1. The highest BCUT2D eigenvalue weighted by Crippen LogP contribution is 2.37. The highest BCUT2D eigenvalue weighted by molar-refractivity contribution is 7.99. The van der Waals surface area contributed by atoms with Crippen molar-refractivity contribution in [2.75, 3.05) is 18.6 Å². The van der Waals surface area contributed by atoms with E-state index in [4.69, 9.17) is 4.74 Å². The van der Waals surface area contributed by atoms with Crippen LogP contribution in [0.4, 0.5) is 0 Å². The molecule has 1 unspecified atom stereocenters. The van der Waals surface area contributed by atoms with Crippen molar-refractivity contribution in [2.45, 2.75) is 44.7 Å². The number of methoxy groups -OCH3 is 1. The van der Waals surface area contributed by atoms with Gasteiger partial charge in [0.05, 0.1) is 7.11 Å². The molecule has 2 nitrogen and oxygen atoms in total. The van der Waals surface area contributed by atoms with Gasteiger partial charge in [-0.2, -0.15) is 11.8 Å². The molecule has 0 amide bonds. The van der Waals surface area contributed by atoms with E-state index < -0.39 is 0 Å². The van der Waals surface area contributed by atoms with Crippen molar-refractivity contribution in [2.24, 2.45) is 0 Å². The van der Waals surface area contributed by atoms with Gasteiger partial charge in [0.1, 0.15) is 5.75 Å². The van der Waals surface area contributed by atoms with Gasteiger partial charge in [0.15, 0.2) is 0 Å². The highest BCUT2D eigenvalue weighted by atomic mass is 32.2. The third kappa shape index (κ3) is 4.15. The van der Waals surface area contributed by atoms with E-state index in [9.17, 15) is 0 Å². The minimum Gasteiger partial charge on any atom is -0.497 e. The first kappa shape index (κ1) is 14.7. The number of hydrogen-bond donors (Lipinski definition) is 1. The summed E-state index contributed by atoms with van der Waals surface area (Å²) in [5, 5.41) is 3.73. The molecule has 0 bridgehead atoms. The van der Waals surface area contributed by atoms with Crippen molar-refractivity contribution in [3.8, 4) is 5.75 Å². The molecule has 0 radical (unpaired) electrons. The minimum absolute atomic E-state index is 0.631. The fourth-order valence-electron chi connectivity index (χ4n) is 2.65. The molecule has 0 aliphatic heterocycles. The average Bonchev–Trinajstić information content (AvgIpc) is 2.40. The zero-order chi connectivity index (χ0) is 13.7. The molecule has 1 aliphatic rings.